The zero-order valence-electron chi connectivity index (χ0n) is 16.5. The van der Waals surface area contributed by atoms with Gasteiger partial charge in [-0.15, -0.1) is 0 Å². The smallest absolute Gasteiger partial charge is 0.303 e. The molecule has 5 nitrogen and oxygen atoms in total. The first kappa shape index (κ1) is 22.6. The van der Waals surface area contributed by atoms with Crippen molar-refractivity contribution in [3.05, 3.63) is 48.0 Å². The zero-order valence-corrected chi connectivity index (χ0v) is 16.5. The molecule has 5 heteroatoms. The van der Waals surface area contributed by atoms with Gasteiger partial charge >= 0.3 is 5.97 Å². The van der Waals surface area contributed by atoms with Crippen molar-refractivity contribution in [2.75, 3.05) is 0 Å². The molecule has 1 aromatic carbocycles. The molecule has 0 bridgehead atoms. The van der Waals surface area contributed by atoms with Gasteiger partial charge in [-0.05, 0) is 37.2 Å². The topological polar surface area (TPSA) is 98.0 Å². The van der Waals surface area contributed by atoms with Crippen molar-refractivity contribution >= 4 is 5.97 Å². The van der Waals surface area contributed by atoms with Crippen molar-refractivity contribution < 1.29 is 25.2 Å². The Morgan fingerprint density at radius 1 is 1.07 bits per heavy atom. The molecule has 0 aromatic heterocycles. The highest BCUT2D eigenvalue weighted by Gasteiger charge is 2.39. The van der Waals surface area contributed by atoms with Crippen LogP contribution in [-0.4, -0.2) is 44.7 Å². The number of aliphatic hydroxyl groups excluding tert-OH is 3. The highest BCUT2D eigenvalue weighted by atomic mass is 16.4. The molecule has 0 aliphatic heterocycles. The number of benzene rings is 1. The quantitative estimate of drug-likeness (QED) is 0.324. The third-order valence-electron chi connectivity index (χ3n) is 5.72. The van der Waals surface area contributed by atoms with Gasteiger partial charge in [-0.3, -0.25) is 4.79 Å². The Hall–Kier alpha value is -1.69. The van der Waals surface area contributed by atoms with Gasteiger partial charge in [-0.25, -0.2) is 0 Å². The van der Waals surface area contributed by atoms with Gasteiger partial charge in [0.25, 0.3) is 0 Å². The number of hydrogen-bond donors (Lipinski definition) is 4. The Morgan fingerprint density at radius 2 is 1.79 bits per heavy atom. The average Bonchev–Trinajstić information content (AvgIpc) is 2.94. The number of carbonyl (C=O) groups is 1. The summed E-state index contributed by atoms with van der Waals surface area (Å²) in [6.45, 7) is 0. The van der Waals surface area contributed by atoms with Crippen LogP contribution in [0.15, 0.2) is 42.5 Å². The Labute approximate surface area is 167 Å². The van der Waals surface area contributed by atoms with Crippen LogP contribution in [0.3, 0.4) is 0 Å². The third-order valence-corrected chi connectivity index (χ3v) is 5.72. The van der Waals surface area contributed by atoms with E-state index in [0.29, 0.717) is 19.3 Å². The number of aliphatic hydroxyl groups is 3. The Kier molecular flexibility index (Phi) is 9.68. The van der Waals surface area contributed by atoms with Gasteiger partial charge in [-0.1, -0.05) is 61.7 Å². The van der Waals surface area contributed by atoms with Gasteiger partial charge in [-0.2, -0.15) is 0 Å². The molecule has 0 saturated heterocycles. The molecule has 4 N–H and O–H groups in total. The van der Waals surface area contributed by atoms with Gasteiger partial charge in [0.05, 0.1) is 18.3 Å². The Morgan fingerprint density at radius 3 is 2.50 bits per heavy atom. The fourth-order valence-electron chi connectivity index (χ4n) is 4.10. The van der Waals surface area contributed by atoms with E-state index < -0.39 is 24.3 Å². The number of aliphatic carboxylic acids is 1. The summed E-state index contributed by atoms with van der Waals surface area (Å²) in [5.41, 5.74) is 1.19. The largest absolute Gasteiger partial charge is 0.481 e. The number of unbranched alkanes of at least 4 members (excludes halogenated alkanes) is 3. The second-order valence-electron chi connectivity index (χ2n) is 7.93. The van der Waals surface area contributed by atoms with Gasteiger partial charge < -0.3 is 20.4 Å². The molecule has 0 radical (unpaired) electrons. The lowest BCUT2D eigenvalue weighted by atomic mass is 9.87. The van der Waals surface area contributed by atoms with E-state index in [-0.39, 0.29) is 18.3 Å². The number of carboxylic acids is 1. The maximum absolute atomic E-state index is 10.5. The van der Waals surface area contributed by atoms with Crippen molar-refractivity contribution in [3.63, 3.8) is 0 Å². The molecule has 0 unspecified atom stereocenters. The molecule has 28 heavy (non-hydrogen) atoms. The van der Waals surface area contributed by atoms with Crippen LogP contribution in [0.2, 0.25) is 0 Å². The van der Waals surface area contributed by atoms with Crippen molar-refractivity contribution in [2.24, 2.45) is 11.8 Å². The summed E-state index contributed by atoms with van der Waals surface area (Å²) in [6.07, 6.45) is 8.17. The van der Waals surface area contributed by atoms with E-state index >= 15 is 0 Å². The minimum Gasteiger partial charge on any atom is -0.481 e. The van der Waals surface area contributed by atoms with E-state index in [1.807, 2.05) is 36.4 Å². The molecule has 2 rings (SSSR count). The molecular weight excluding hydrogens is 356 g/mol. The molecule has 1 saturated carbocycles. The van der Waals surface area contributed by atoms with Crippen LogP contribution < -0.4 is 0 Å². The molecule has 1 aromatic rings. The molecule has 156 valence electrons. The lowest BCUT2D eigenvalue weighted by Crippen LogP contribution is -2.21. The summed E-state index contributed by atoms with van der Waals surface area (Å²) in [4.78, 5) is 10.5. The van der Waals surface area contributed by atoms with Crippen LogP contribution in [-0.2, 0) is 11.2 Å². The average molecular weight is 391 g/mol. The second kappa shape index (κ2) is 12.0. The molecule has 5 atom stereocenters. The zero-order chi connectivity index (χ0) is 20.4. The monoisotopic (exact) mass is 390 g/mol. The van der Waals surface area contributed by atoms with Crippen LogP contribution in [0.25, 0.3) is 0 Å². The van der Waals surface area contributed by atoms with E-state index in [1.165, 1.54) is 5.56 Å². The molecule has 1 fully saturated rings. The molecular formula is C23H34O5. The molecule has 0 spiro atoms. The summed E-state index contributed by atoms with van der Waals surface area (Å²) in [6, 6.07) is 10.0. The maximum atomic E-state index is 10.5. The van der Waals surface area contributed by atoms with Crippen molar-refractivity contribution in [3.8, 4) is 0 Å². The molecule has 1 aliphatic rings. The Bertz CT molecular complexity index is 600. The first-order chi connectivity index (χ1) is 13.5. The third kappa shape index (κ3) is 7.74. The standard InChI is InChI=1S/C23H34O5/c24-18(13-12-17-8-4-3-5-9-17)14-15-20-19(21(25)16-22(20)26)10-6-1-2-7-11-23(27)28/h3-5,8-9,14-15,18-22,24-26H,1-2,6-7,10-13,16H2,(H,27,28)/b15-14+/t18-,19+,20+,21-,22+/m0/s1. The van der Waals surface area contributed by atoms with Gasteiger partial charge in [0.15, 0.2) is 0 Å². The molecule has 0 amide bonds. The number of hydrogen-bond acceptors (Lipinski definition) is 4. The number of aryl methyl sites for hydroxylation is 1. The van der Waals surface area contributed by atoms with Crippen LogP contribution in [0, 0.1) is 11.8 Å². The van der Waals surface area contributed by atoms with Crippen LogP contribution in [0.1, 0.15) is 56.9 Å². The van der Waals surface area contributed by atoms with Gasteiger partial charge in [0.1, 0.15) is 0 Å². The van der Waals surface area contributed by atoms with Crippen LogP contribution >= 0.6 is 0 Å². The summed E-state index contributed by atoms with van der Waals surface area (Å²) >= 11 is 0. The first-order valence-corrected chi connectivity index (χ1v) is 10.5. The maximum Gasteiger partial charge on any atom is 0.303 e. The number of rotatable bonds is 12. The fourth-order valence-corrected chi connectivity index (χ4v) is 4.10. The van der Waals surface area contributed by atoms with E-state index in [1.54, 1.807) is 6.08 Å². The second-order valence-corrected chi connectivity index (χ2v) is 7.93. The normalized spacial score (nSPS) is 26.0. The van der Waals surface area contributed by atoms with Gasteiger partial charge in [0.2, 0.25) is 0 Å². The highest BCUT2D eigenvalue weighted by Crippen LogP contribution is 2.37. The SMILES string of the molecule is O=C(O)CCCCCC[C@@H]1[C@@H](/C=C/[C@@H](O)CCc2ccccc2)[C@H](O)C[C@@H]1O. The molecule has 1 aliphatic carbocycles. The molecule has 0 heterocycles. The first-order valence-electron chi connectivity index (χ1n) is 10.5. The predicted molar refractivity (Wildman–Crippen MR) is 109 cm³/mol. The van der Waals surface area contributed by atoms with Crippen LogP contribution in [0.5, 0.6) is 0 Å². The van der Waals surface area contributed by atoms with Crippen molar-refractivity contribution in [2.45, 2.75) is 76.1 Å². The Balaban J connectivity index is 1.76. The minimum absolute atomic E-state index is 0.00736. The predicted octanol–water partition coefficient (Wildman–Crippen LogP) is 3.32. The van der Waals surface area contributed by atoms with E-state index in [9.17, 15) is 20.1 Å². The van der Waals surface area contributed by atoms with Crippen LogP contribution in [0.4, 0.5) is 0 Å². The minimum atomic E-state index is -0.759. The van der Waals surface area contributed by atoms with E-state index in [0.717, 1.165) is 32.1 Å². The fraction of sp³-hybridized carbons (Fsp3) is 0.609. The lowest BCUT2D eigenvalue weighted by molar-refractivity contribution is -0.137. The number of carboxylic acid groups (broad SMARTS) is 1. The lowest BCUT2D eigenvalue weighted by Gasteiger charge is -2.21. The van der Waals surface area contributed by atoms with Crippen molar-refractivity contribution in [1.29, 1.82) is 0 Å². The summed E-state index contributed by atoms with van der Waals surface area (Å²) < 4.78 is 0. The van der Waals surface area contributed by atoms with E-state index in [2.05, 4.69) is 0 Å². The van der Waals surface area contributed by atoms with Crippen molar-refractivity contribution in [1.82, 2.24) is 0 Å². The summed E-state index contributed by atoms with van der Waals surface area (Å²) in [5, 5.41) is 39.5. The summed E-state index contributed by atoms with van der Waals surface area (Å²) in [7, 11) is 0. The highest BCUT2D eigenvalue weighted by molar-refractivity contribution is 5.66. The van der Waals surface area contributed by atoms with E-state index in [4.69, 9.17) is 5.11 Å². The summed E-state index contributed by atoms with van der Waals surface area (Å²) in [5.74, 6) is -0.905. The van der Waals surface area contributed by atoms with Gasteiger partial charge in [0, 0.05) is 18.8 Å².